The van der Waals surface area contributed by atoms with Gasteiger partial charge in [-0.3, -0.25) is 37.3 Å². The lowest BCUT2D eigenvalue weighted by Gasteiger charge is -2.21. The topological polar surface area (TPSA) is 237 Å². The molecule has 0 saturated carbocycles. The van der Waals surface area contributed by atoms with E-state index in [2.05, 4.69) is 41.5 Å². The van der Waals surface area contributed by atoms with Crippen molar-refractivity contribution in [3.8, 4) is 0 Å². The summed E-state index contributed by atoms with van der Waals surface area (Å²) in [6.07, 6.45) is 59.4. The summed E-state index contributed by atoms with van der Waals surface area (Å²) in [5, 5.41) is 10.6. The van der Waals surface area contributed by atoms with E-state index >= 15 is 0 Å². The van der Waals surface area contributed by atoms with Crippen molar-refractivity contribution in [1.29, 1.82) is 0 Å². The number of rotatable bonds is 78. The summed E-state index contributed by atoms with van der Waals surface area (Å²) in [7, 11) is -9.92. The van der Waals surface area contributed by atoms with Gasteiger partial charge < -0.3 is 33.8 Å². The fourth-order valence-electron chi connectivity index (χ4n) is 12.2. The third-order valence-electron chi connectivity index (χ3n) is 18.8. The predicted octanol–water partition coefficient (Wildman–Crippen LogP) is 23.5. The molecule has 0 bridgehead atoms. The molecule has 0 aliphatic heterocycles. The van der Waals surface area contributed by atoms with Crippen molar-refractivity contribution in [1.82, 2.24) is 0 Å². The first-order valence-corrected chi connectivity index (χ1v) is 44.0. The van der Waals surface area contributed by atoms with E-state index in [4.69, 9.17) is 37.0 Å². The minimum Gasteiger partial charge on any atom is -0.462 e. The summed E-state index contributed by atoms with van der Waals surface area (Å²) in [6, 6.07) is 0. The highest BCUT2D eigenvalue weighted by Crippen LogP contribution is 2.45. The van der Waals surface area contributed by atoms with Gasteiger partial charge in [-0.05, 0) is 37.5 Å². The van der Waals surface area contributed by atoms with E-state index in [0.29, 0.717) is 25.7 Å². The molecule has 0 aliphatic rings. The van der Waals surface area contributed by atoms with Gasteiger partial charge in [0.2, 0.25) is 0 Å². The second-order valence-electron chi connectivity index (χ2n) is 29.2. The SMILES string of the molecule is CCCCCCCCCCCCCCC(=O)OC[C@H](COP(=O)(O)OC[C@H](O)COP(=O)(O)OC[C@@H](COC(=O)CCCCCCCCCCCCCCCC(C)C)OC(=O)CCCCCCCCCCCCCCCCC(C)CC)OC(=O)CCCCCCCCCCCCCC. The largest absolute Gasteiger partial charge is 0.472 e. The second-order valence-corrected chi connectivity index (χ2v) is 32.1. The van der Waals surface area contributed by atoms with Crippen LogP contribution in [0.25, 0.3) is 0 Å². The van der Waals surface area contributed by atoms with Gasteiger partial charge in [0, 0.05) is 25.7 Å². The van der Waals surface area contributed by atoms with Crippen LogP contribution in [0.2, 0.25) is 0 Å². The van der Waals surface area contributed by atoms with Gasteiger partial charge in [-0.25, -0.2) is 9.13 Å². The number of hydrogen-bond acceptors (Lipinski definition) is 15. The predicted molar refractivity (Wildman–Crippen MR) is 400 cm³/mol. The second kappa shape index (κ2) is 70.7. The van der Waals surface area contributed by atoms with E-state index in [1.807, 2.05) is 0 Å². The number of ether oxygens (including phenoxy) is 4. The quantitative estimate of drug-likeness (QED) is 0.0222. The molecule has 6 atom stereocenters. The van der Waals surface area contributed by atoms with E-state index in [9.17, 15) is 43.2 Å². The average molecular weight is 1440 g/mol. The first kappa shape index (κ1) is 96.1. The molecule has 0 heterocycles. The third-order valence-corrected chi connectivity index (χ3v) is 20.7. The lowest BCUT2D eigenvalue weighted by molar-refractivity contribution is -0.161. The number of aliphatic hydroxyl groups is 1. The van der Waals surface area contributed by atoms with E-state index in [0.717, 1.165) is 102 Å². The summed E-state index contributed by atoms with van der Waals surface area (Å²) in [6.45, 7) is 9.70. The van der Waals surface area contributed by atoms with E-state index in [1.54, 1.807) is 0 Å². The third kappa shape index (κ3) is 71.1. The molecule has 3 unspecified atom stereocenters. The van der Waals surface area contributed by atoms with Crippen molar-refractivity contribution in [2.24, 2.45) is 11.8 Å². The minimum atomic E-state index is -4.96. The van der Waals surface area contributed by atoms with Crippen LogP contribution in [-0.2, 0) is 65.4 Å². The van der Waals surface area contributed by atoms with Gasteiger partial charge in [-0.1, -0.05) is 363 Å². The van der Waals surface area contributed by atoms with Crippen LogP contribution in [0.4, 0.5) is 0 Å². The van der Waals surface area contributed by atoms with Crippen LogP contribution in [-0.4, -0.2) is 96.7 Å². The van der Waals surface area contributed by atoms with Crippen LogP contribution in [0.15, 0.2) is 0 Å². The number of aliphatic hydroxyl groups excluding tert-OH is 1. The number of phosphoric ester groups is 2. The normalized spacial score (nSPS) is 14.2. The van der Waals surface area contributed by atoms with Crippen LogP contribution in [0.5, 0.6) is 0 Å². The smallest absolute Gasteiger partial charge is 0.462 e. The molecule has 0 amide bonds. The van der Waals surface area contributed by atoms with Crippen LogP contribution in [0.1, 0.15) is 414 Å². The summed E-state index contributed by atoms with van der Waals surface area (Å²) in [5.41, 5.74) is 0. The monoisotopic (exact) mass is 1440 g/mol. The molecular weight excluding hydrogens is 1280 g/mol. The fraction of sp³-hybridized carbons (Fsp3) is 0.949. The summed E-state index contributed by atoms with van der Waals surface area (Å²) in [5.74, 6) is -0.471. The molecule has 582 valence electrons. The Bertz CT molecular complexity index is 1890. The molecule has 0 rings (SSSR count). The lowest BCUT2D eigenvalue weighted by atomic mass is 9.99. The van der Waals surface area contributed by atoms with Crippen LogP contribution in [0, 0.1) is 11.8 Å². The fourth-order valence-corrected chi connectivity index (χ4v) is 13.7. The zero-order valence-electron chi connectivity index (χ0n) is 64.1. The number of esters is 4. The molecule has 98 heavy (non-hydrogen) atoms. The van der Waals surface area contributed by atoms with Crippen molar-refractivity contribution in [3.05, 3.63) is 0 Å². The van der Waals surface area contributed by atoms with Gasteiger partial charge in [-0.15, -0.1) is 0 Å². The highest BCUT2D eigenvalue weighted by Gasteiger charge is 2.30. The molecule has 0 saturated heterocycles. The molecule has 17 nitrogen and oxygen atoms in total. The van der Waals surface area contributed by atoms with Crippen LogP contribution < -0.4 is 0 Å². The summed E-state index contributed by atoms with van der Waals surface area (Å²) in [4.78, 5) is 73.0. The molecule has 0 aliphatic carbocycles. The molecule has 0 aromatic rings. The summed E-state index contributed by atoms with van der Waals surface area (Å²) < 4.78 is 68.7. The Morgan fingerprint density at radius 2 is 0.520 bits per heavy atom. The van der Waals surface area contributed by atoms with Gasteiger partial charge in [0.05, 0.1) is 26.4 Å². The number of carbonyl (C=O) groups is 4. The zero-order chi connectivity index (χ0) is 72.1. The minimum absolute atomic E-state index is 0.108. The van der Waals surface area contributed by atoms with E-state index < -0.39 is 97.5 Å². The van der Waals surface area contributed by atoms with Crippen molar-refractivity contribution in [2.45, 2.75) is 432 Å². The number of phosphoric acid groups is 2. The summed E-state index contributed by atoms with van der Waals surface area (Å²) >= 11 is 0. The molecule has 0 aromatic carbocycles. The number of carbonyl (C=O) groups excluding carboxylic acids is 4. The molecular formula is C79H154O17P2. The Kier molecular flexibility index (Phi) is 69.3. The molecule has 0 radical (unpaired) electrons. The van der Waals surface area contributed by atoms with Gasteiger partial charge in [0.1, 0.15) is 19.3 Å². The van der Waals surface area contributed by atoms with Gasteiger partial charge in [0.15, 0.2) is 12.2 Å². The standard InChI is InChI=1S/C79H154O17P2/c1-7-10-12-14-16-18-20-31-37-43-49-55-61-76(81)89-67-74(95-78(83)63-57-51-45-39-32-21-19-17-15-13-11-8-2)69-93-97(85,86)91-65-73(80)66-92-98(87,88)94-70-75(68-90-77(82)62-56-50-44-38-33-28-24-25-29-35-41-47-53-59-71(4)5)96-79(84)64-58-52-46-40-34-27-23-22-26-30-36-42-48-54-60-72(6)9-3/h71-75,80H,7-70H2,1-6H3,(H,85,86)(H,87,88)/t72?,73-,74+,75+/m0/s1. The Labute approximate surface area is 600 Å². The van der Waals surface area contributed by atoms with Crippen molar-refractivity contribution in [3.63, 3.8) is 0 Å². The van der Waals surface area contributed by atoms with Crippen molar-refractivity contribution in [2.75, 3.05) is 39.6 Å². The van der Waals surface area contributed by atoms with Gasteiger partial charge >= 0.3 is 39.5 Å². The van der Waals surface area contributed by atoms with Gasteiger partial charge in [-0.2, -0.15) is 0 Å². The highest BCUT2D eigenvalue weighted by molar-refractivity contribution is 7.47. The lowest BCUT2D eigenvalue weighted by Crippen LogP contribution is -2.30. The molecule has 0 spiro atoms. The molecule has 3 N–H and O–H groups in total. The molecule has 0 fully saturated rings. The first-order chi connectivity index (χ1) is 47.4. The molecule has 19 heteroatoms. The Morgan fingerprint density at radius 1 is 0.296 bits per heavy atom. The van der Waals surface area contributed by atoms with Crippen LogP contribution >= 0.6 is 15.6 Å². The number of hydrogen-bond donors (Lipinski definition) is 3. The number of unbranched alkanes of at least 4 members (excludes halogenated alkanes) is 47. The van der Waals surface area contributed by atoms with E-state index in [1.165, 1.54) is 231 Å². The Morgan fingerprint density at radius 3 is 0.776 bits per heavy atom. The van der Waals surface area contributed by atoms with Crippen molar-refractivity contribution < 1.29 is 80.2 Å². The van der Waals surface area contributed by atoms with E-state index in [-0.39, 0.29) is 25.7 Å². The Hall–Kier alpha value is -1.94. The maximum Gasteiger partial charge on any atom is 0.472 e. The zero-order valence-corrected chi connectivity index (χ0v) is 65.9. The highest BCUT2D eigenvalue weighted by atomic mass is 31.2. The van der Waals surface area contributed by atoms with Gasteiger partial charge in [0.25, 0.3) is 0 Å². The first-order valence-electron chi connectivity index (χ1n) is 41.0. The maximum atomic E-state index is 13.1. The Balaban J connectivity index is 5.25. The van der Waals surface area contributed by atoms with Crippen molar-refractivity contribution >= 4 is 39.5 Å². The van der Waals surface area contributed by atoms with Crippen LogP contribution in [0.3, 0.4) is 0 Å². The maximum absolute atomic E-state index is 13.1. The average Bonchev–Trinajstić information content (AvgIpc) is 1.01. The molecule has 0 aromatic heterocycles.